The van der Waals surface area contributed by atoms with E-state index in [4.69, 9.17) is 10.6 Å². The molecule has 0 amide bonds. The molecule has 0 bridgehead atoms. The van der Waals surface area contributed by atoms with E-state index in [0.29, 0.717) is 19.6 Å². The van der Waals surface area contributed by atoms with E-state index in [2.05, 4.69) is 4.84 Å². The van der Waals surface area contributed by atoms with E-state index in [1.54, 1.807) is 0 Å². The molecule has 4 nitrogen and oxygen atoms in total. The number of hydrogen-bond donors (Lipinski definition) is 1. The van der Waals surface area contributed by atoms with Gasteiger partial charge in [0.05, 0.1) is 6.61 Å². The van der Waals surface area contributed by atoms with Gasteiger partial charge < -0.3 is 9.57 Å². The van der Waals surface area contributed by atoms with Gasteiger partial charge >= 0.3 is 5.97 Å². The van der Waals surface area contributed by atoms with Crippen LogP contribution in [0.3, 0.4) is 0 Å². The number of ether oxygens (including phenoxy) is 1. The number of esters is 1. The highest BCUT2D eigenvalue weighted by Gasteiger charge is 2.02. The Bertz CT molecular complexity index is 300. The molecule has 0 aliphatic carbocycles. The van der Waals surface area contributed by atoms with Gasteiger partial charge in [0, 0.05) is 6.42 Å². The number of carbonyl (C=O) groups excluding carboxylic acids is 1. The summed E-state index contributed by atoms with van der Waals surface area (Å²) in [6.45, 7) is 0.818. The third kappa shape index (κ3) is 5.48. The lowest BCUT2D eigenvalue weighted by molar-refractivity contribution is -0.145. The lowest BCUT2D eigenvalue weighted by atomic mass is 10.2. The maximum atomic E-state index is 11.3. The van der Waals surface area contributed by atoms with Gasteiger partial charge in [-0.3, -0.25) is 4.79 Å². The first kappa shape index (κ1) is 12.7. The molecule has 0 aromatic heterocycles. The topological polar surface area (TPSA) is 61.5 Å². The van der Waals surface area contributed by atoms with Crippen LogP contribution in [0.1, 0.15) is 24.8 Å². The number of hydrogen-bond acceptors (Lipinski definition) is 4. The molecule has 0 unspecified atom stereocenters. The summed E-state index contributed by atoms with van der Waals surface area (Å²) in [7, 11) is 0. The molecule has 0 radical (unpaired) electrons. The van der Waals surface area contributed by atoms with E-state index >= 15 is 0 Å². The van der Waals surface area contributed by atoms with Crippen molar-refractivity contribution < 1.29 is 14.4 Å². The highest BCUT2D eigenvalue weighted by molar-refractivity contribution is 5.69. The molecule has 1 aromatic carbocycles. The minimum atomic E-state index is -0.180. The minimum Gasteiger partial charge on any atom is -0.461 e. The van der Waals surface area contributed by atoms with Crippen LogP contribution in [0.25, 0.3) is 0 Å². The number of rotatable bonds is 7. The maximum absolute atomic E-state index is 11.3. The van der Waals surface area contributed by atoms with E-state index in [-0.39, 0.29) is 5.97 Å². The van der Waals surface area contributed by atoms with Crippen molar-refractivity contribution in [1.82, 2.24) is 0 Å². The third-order valence-electron chi connectivity index (χ3n) is 2.14. The first-order valence-corrected chi connectivity index (χ1v) is 5.34. The van der Waals surface area contributed by atoms with Gasteiger partial charge in [-0.1, -0.05) is 30.3 Å². The summed E-state index contributed by atoms with van der Waals surface area (Å²) in [6, 6.07) is 9.62. The second-order valence-electron chi connectivity index (χ2n) is 3.47. The summed E-state index contributed by atoms with van der Waals surface area (Å²) in [6.07, 6.45) is 1.93. The van der Waals surface area contributed by atoms with E-state index < -0.39 is 0 Å². The highest BCUT2D eigenvalue weighted by Crippen LogP contribution is 2.03. The van der Waals surface area contributed by atoms with Gasteiger partial charge in [-0.15, -0.1) is 0 Å². The number of benzene rings is 1. The molecule has 88 valence electrons. The lowest BCUT2D eigenvalue weighted by Crippen LogP contribution is -2.06. The Kier molecular flexibility index (Phi) is 6.22. The van der Waals surface area contributed by atoms with Crippen LogP contribution in [0.5, 0.6) is 0 Å². The Labute approximate surface area is 95.3 Å². The largest absolute Gasteiger partial charge is 0.461 e. The molecule has 2 N–H and O–H groups in total. The molecule has 1 aromatic rings. The van der Waals surface area contributed by atoms with Crippen molar-refractivity contribution in [2.45, 2.75) is 25.9 Å². The van der Waals surface area contributed by atoms with Gasteiger partial charge in [0.15, 0.2) is 0 Å². The molecule has 0 saturated carbocycles. The second kappa shape index (κ2) is 7.84. The van der Waals surface area contributed by atoms with E-state index in [1.807, 2.05) is 30.3 Å². The van der Waals surface area contributed by atoms with Gasteiger partial charge in [-0.25, -0.2) is 5.90 Å². The van der Waals surface area contributed by atoms with Crippen LogP contribution in [0.15, 0.2) is 30.3 Å². The first-order chi connectivity index (χ1) is 7.83. The Morgan fingerprint density at radius 2 is 1.94 bits per heavy atom. The quantitative estimate of drug-likeness (QED) is 0.435. The summed E-state index contributed by atoms with van der Waals surface area (Å²) in [5.41, 5.74) is 1.00. The molecule has 1 rings (SSSR count). The number of carbonyl (C=O) groups is 1. The van der Waals surface area contributed by atoms with E-state index in [9.17, 15) is 4.79 Å². The zero-order valence-electron chi connectivity index (χ0n) is 9.22. The number of unbranched alkanes of at least 4 members (excludes halogenated alkanes) is 1. The van der Waals surface area contributed by atoms with Crippen LogP contribution < -0.4 is 5.90 Å². The SMILES string of the molecule is NOCCCCC(=O)OCc1ccccc1. The summed E-state index contributed by atoms with van der Waals surface area (Å²) in [5, 5.41) is 0. The van der Waals surface area contributed by atoms with Crippen LogP contribution in [-0.2, 0) is 21.0 Å². The molecular weight excluding hydrogens is 206 g/mol. The van der Waals surface area contributed by atoms with E-state index in [0.717, 1.165) is 18.4 Å². The fourth-order valence-electron chi connectivity index (χ4n) is 1.26. The van der Waals surface area contributed by atoms with Crippen molar-refractivity contribution >= 4 is 5.97 Å². The Morgan fingerprint density at radius 1 is 1.19 bits per heavy atom. The predicted octanol–water partition coefficient (Wildman–Crippen LogP) is 1.79. The fraction of sp³-hybridized carbons (Fsp3) is 0.417. The lowest BCUT2D eigenvalue weighted by Gasteiger charge is -2.04. The summed E-state index contributed by atoms with van der Waals surface area (Å²) in [4.78, 5) is 15.7. The zero-order valence-corrected chi connectivity index (χ0v) is 9.22. The van der Waals surface area contributed by atoms with Gasteiger partial charge in [0.1, 0.15) is 6.61 Å². The normalized spacial score (nSPS) is 10.1. The third-order valence-corrected chi connectivity index (χ3v) is 2.14. The fourth-order valence-corrected chi connectivity index (χ4v) is 1.26. The first-order valence-electron chi connectivity index (χ1n) is 5.34. The van der Waals surface area contributed by atoms with Gasteiger partial charge in [0.2, 0.25) is 0 Å². The molecule has 0 aliphatic heterocycles. The monoisotopic (exact) mass is 223 g/mol. The van der Waals surface area contributed by atoms with Crippen LogP contribution in [0, 0.1) is 0 Å². The molecule has 0 aliphatic rings. The number of nitrogens with two attached hydrogens (primary N) is 1. The Balaban J connectivity index is 2.11. The zero-order chi connectivity index (χ0) is 11.6. The van der Waals surface area contributed by atoms with Crippen molar-refractivity contribution in [3.05, 3.63) is 35.9 Å². The summed E-state index contributed by atoms with van der Waals surface area (Å²) in [5.74, 6) is 4.68. The second-order valence-corrected chi connectivity index (χ2v) is 3.47. The van der Waals surface area contributed by atoms with Crippen molar-refractivity contribution in [3.63, 3.8) is 0 Å². The molecule has 16 heavy (non-hydrogen) atoms. The summed E-state index contributed by atoms with van der Waals surface area (Å²) >= 11 is 0. The molecule has 0 atom stereocenters. The maximum Gasteiger partial charge on any atom is 0.306 e. The van der Waals surface area contributed by atoms with Crippen molar-refractivity contribution in [2.75, 3.05) is 6.61 Å². The van der Waals surface area contributed by atoms with Crippen LogP contribution in [0.4, 0.5) is 0 Å². The average molecular weight is 223 g/mol. The minimum absolute atomic E-state index is 0.180. The smallest absolute Gasteiger partial charge is 0.306 e. The summed E-state index contributed by atoms with van der Waals surface area (Å²) < 4.78 is 5.10. The average Bonchev–Trinajstić information content (AvgIpc) is 2.33. The van der Waals surface area contributed by atoms with Gasteiger partial charge in [-0.2, -0.15) is 0 Å². The highest BCUT2D eigenvalue weighted by atomic mass is 16.6. The van der Waals surface area contributed by atoms with E-state index in [1.165, 1.54) is 0 Å². The molecule has 0 fully saturated rings. The van der Waals surface area contributed by atoms with Crippen LogP contribution in [-0.4, -0.2) is 12.6 Å². The Hall–Kier alpha value is -1.39. The van der Waals surface area contributed by atoms with Crippen molar-refractivity contribution in [3.8, 4) is 0 Å². The molecule has 0 spiro atoms. The molecular formula is C12H17NO3. The van der Waals surface area contributed by atoms with Gasteiger partial charge in [0.25, 0.3) is 0 Å². The Morgan fingerprint density at radius 3 is 2.62 bits per heavy atom. The molecule has 0 heterocycles. The molecule has 4 heteroatoms. The molecule has 0 saturated heterocycles. The van der Waals surface area contributed by atoms with Crippen LogP contribution in [0.2, 0.25) is 0 Å². The standard InChI is InChI=1S/C12H17NO3/c13-16-9-5-4-8-12(14)15-10-11-6-2-1-3-7-11/h1-3,6-7H,4-5,8-10,13H2. The van der Waals surface area contributed by atoms with Crippen molar-refractivity contribution in [2.24, 2.45) is 5.90 Å². The predicted molar refractivity (Wildman–Crippen MR) is 60.2 cm³/mol. The van der Waals surface area contributed by atoms with Gasteiger partial charge in [-0.05, 0) is 18.4 Å². The van der Waals surface area contributed by atoms with Crippen molar-refractivity contribution in [1.29, 1.82) is 0 Å². The van der Waals surface area contributed by atoms with Crippen LogP contribution >= 0.6 is 0 Å².